The van der Waals surface area contributed by atoms with Crippen LogP contribution in [0.5, 0.6) is 5.75 Å². The van der Waals surface area contributed by atoms with Crippen LogP contribution in [0.3, 0.4) is 0 Å². The van der Waals surface area contributed by atoms with E-state index in [9.17, 15) is 9.59 Å². The summed E-state index contributed by atoms with van der Waals surface area (Å²) < 4.78 is 5.52. The third kappa shape index (κ3) is 5.82. The fourth-order valence-electron chi connectivity index (χ4n) is 1.46. The van der Waals surface area contributed by atoms with Crippen molar-refractivity contribution < 1.29 is 14.3 Å². The number of benzene rings is 1. The van der Waals surface area contributed by atoms with Crippen molar-refractivity contribution in [3.63, 3.8) is 0 Å². The number of ether oxygens (including phenoxy) is 1. The summed E-state index contributed by atoms with van der Waals surface area (Å²) in [5.74, 6) is 0.837. The molecule has 0 spiro atoms. The number of ketones is 1. The van der Waals surface area contributed by atoms with Crippen molar-refractivity contribution in [1.29, 1.82) is 0 Å². The molecule has 0 bridgehead atoms. The van der Waals surface area contributed by atoms with Crippen LogP contribution in [0.2, 0.25) is 0 Å². The van der Waals surface area contributed by atoms with E-state index < -0.39 is 0 Å². The summed E-state index contributed by atoms with van der Waals surface area (Å²) >= 11 is 0. The van der Waals surface area contributed by atoms with Gasteiger partial charge in [0.05, 0.1) is 6.61 Å². The van der Waals surface area contributed by atoms with Crippen LogP contribution in [0, 0.1) is 0 Å². The lowest BCUT2D eigenvalue weighted by molar-refractivity contribution is -0.115. The quantitative estimate of drug-likeness (QED) is 0.408. The van der Waals surface area contributed by atoms with Gasteiger partial charge in [-0.05, 0) is 42.7 Å². The first-order valence-corrected chi connectivity index (χ1v) is 6.17. The van der Waals surface area contributed by atoms with E-state index in [-0.39, 0.29) is 5.78 Å². The van der Waals surface area contributed by atoms with Crippen molar-refractivity contribution in [2.24, 2.45) is 0 Å². The second kappa shape index (κ2) is 8.03. The molecule has 0 N–H and O–H groups in total. The Morgan fingerprint density at radius 3 is 2.58 bits per heavy atom. The maximum atomic E-state index is 11.3. The molecular weight excluding hydrogens is 240 g/mol. The van der Waals surface area contributed by atoms with Crippen LogP contribution in [0.1, 0.15) is 25.3 Å². The Kier molecular flexibility index (Phi) is 6.30. The van der Waals surface area contributed by atoms with Gasteiger partial charge in [-0.15, -0.1) is 0 Å². The minimum absolute atomic E-state index is 0.0814. The molecule has 1 aromatic carbocycles. The van der Waals surface area contributed by atoms with Crippen LogP contribution >= 0.6 is 0 Å². The van der Waals surface area contributed by atoms with E-state index >= 15 is 0 Å². The molecule has 0 aliphatic heterocycles. The predicted molar refractivity (Wildman–Crippen MR) is 76.1 cm³/mol. The van der Waals surface area contributed by atoms with Gasteiger partial charge in [0.2, 0.25) is 0 Å². The summed E-state index contributed by atoms with van der Waals surface area (Å²) in [7, 11) is 0. The zero-order chi connectivity index (χ0) is 14.1. The van der Waals surface area contributed by atoms with E-state index in [1.165, 1.54) is 6.08 Å². The van der Waals surface area contributed by atoms with E-state index in [1.807, 2.05) is 24.3 Å². The highest BCUT2D eigenvalue weighted by Crippen LogP contribution is 2.13. The highest BCUT2D eigenvalue weighted by molar-refractivity contribution is 5.93. The van der Waals surface area contributed by atoms with Gasteiger partial charge >= 0.3 is 0 Å². The van der Waals surface area contributed by atoms with Crippen molar-refractivity contribution in [2.75, 3.05) is 6.61 Å². The topological polar surface area (TPSA) is 43.4 Å². The molecule has 3 nitrogen and oxygen atoms in total. The van der Waals surface area contributed by atoms with Gasteiger partial charge in [-0.25, -0.2) is 0 Å². The highest BCUT2D eigenvalue weighted by Gasteiger charge is 2.02. The standard InChI is InChI=1S/C16H18O3/c1-13(2)16(18)6-4-12-19-15-9-7-14(8-10-15)5-3-11-17/h3,5,7-11H,1,4,6,12H2,2H3/b5-3+. The van der Waals surface area contributed by atoms with Crippen LogP contribution < -0.4 is 4.74 Å². The third-order valence-electron chi connectivity index (χ3n) is 2.54. The largest absolute Gasteiger partial charge is 0.494 e. The minimum Gasteiger partial charge on any atom is -0.494 e. The van der Waals surface area contributed by atoms with Gasteiger partial charge in [-0.1, -0.05) is 24.8 Å². The average molecular weight is 258 g/mol. The van der Waals surface area contributed by atoms with Crippen LogP contribution in [0.15, 0.2) is 42.5 Å². The van der Waals surface area contributed by atoms with Gasteiger partial charge in [0.25, 0.3) is 0 Å². The van der Waals surface area contributed by atoms with Crippen molar-refractivity contribution in [3.8, 4) is 5.75 Å². The number of carbonyl (C=O) groups is 2. The minimum atomic E-state index is 0.0814. The summed E-state index contributed by atoms with van der Waals surface area (Å²) in [6.45, 7) is 5.82. The molecule has 0 aliphatic rings. The maximum Gasteiger partial charge on any atom is 0.158 e. The molecule has 0 aliphatic carbocycles. The lowest BCUT2D eigenvalue weighted by Crippen LogP contribution is -2.03. The Morgan fingerprint density at radius 2 is 2.00 bits per heavy atom. The molecule has 0 amide bonds. The number of Topliss-reactive ketones (excluding diaryl/α,β-unsaturated/α-hetero) is 1. The zero-order valence-corrected chi connectivity index (χ0v) is 11.1. The number of aldehydes is 1. The smallest absolute Gasteiger partial charge is 0.158 e. The first kappa shape index (κ1) is 14.9. The molecule has 0 aromatic heterocycles. The maximum absolute atomic E-state index is 11.3. The Hall–Kier alpha value is -2.16. The Labute approximate surface area is 113 Å². The molecule has 0 saturated heterocycles. The average Bonchev–Trinajstić information content (AvgIpc) is 2.42. The van der Waals surface area contributed by atoms with Gasteiger partial charge in [-0.3, -0.25) is 9.59 Å². The van der Waals surface area contributed by atoms with Gasteiger partial charge in [0.1, 0.15) is 12.0 Å². The SMILES string of the molecule is C=C(C)C(=O)CCCOc1ccc(/C=C/C=O)cc1. The first-order chi connectivity index (χ1) is 9.13. The molecule has 0 fully saturated rings. The third-order valence-corrected chi connectivity index (χ3v) is 2.54. The van der Waals surface area contributed by atoms with E-state index in [4.69, 9.17) is 4.74 Å². The molecule has 3 heteroatoms. The number of hydrogen-bond donors (Lipinski definition) is 0. The van der Waals surface area contributed by atoms with Gasteiger partial charge in [-0.2, -0.15) is 0 Å². The molecule has 0 saturated carbocycles. The van der Waals surface area contributed by atoms with Crippen molar-refractivity contribution in [2.45, 2.75) is 19.8 Å². The Morgan fingerprint density at radius 1 is 1.32 bits per heavy atom. The fraction of sp³-hybridized carbons (Fsp3) is 0.250. The van der Waals surface area contributed by atoms with Gasteiger partial charge in [0, 0.05) is 6.42 Å². The lowest BCUT2D eigenvalue weighted by Gasteiger charge is -2.06. The molecule has 0 unspecified atom stereocenters. The van der Waals surface area contributed by atoms with Gasteiger partial charge < -0.3 is 4.74 Å². The first-order valence-electron chi connectivity index (χ1n) is 6.17. The normalized spacial score (nSPS) is 10.4. The van der Waals surface area contributed by atoms with E-state index in [1.54, 1.807) is 13.0 Å². The molecular formula is C16H18O3. The van der Waals surface area contributed by atoms with Crippen molar-refractivity contribution in [3.05, 3.63) is 48.1 Å². The number of rotatable bonds is 8. The molecule has 0 heterocycles. The highest BCUT2D eigenvalue weighted by atomic mass is 16.5. The fourth-order valence-corrected chi connectivity index (χ4v) is 1.46. The molecule has 19 heavy (non-hydrogen) atoms. The monoisotopic (exact) mass is 258 g/mol. The summed E-state index contributed by atoms with van der Waals surface area (Å²) in [6.07, 6.45) is 5.05. The molecule has 0 atom stereocenters. The molecule has 1 rings (SSSR count). The molecule has 1 aromatic rings. The number of carbonyl (C=O) groups excluding carboxylic acids is 2. The summed E-state index contributed by atoms with van der Waals surface area (Å²) in [6, 6.07) is 7.42. The van der Waals surface area contributed by atoms with E-state index in [2.05, 4.69) is 6.58 Å². The predicted octanol–water partition coefficient (Wildman–Crippen LogP) is 3.20. The summed E-state index contributed by atoms with van der Waals surface area (Å²) in [4.78, 5) is 21.5. The Balaban J connectivity index is 2.34. The number of allylic oxidation sites excluding steroid dienone is 2. The molecule has 100 valence electrons. The van der Waals surface area contributed by atoms with Crippen LogP contribution in [0.25, 0.3) is 6.08 Å². The second-order valence-electron chi connectivity index (χ2n) is 4.22. The van der Waals surface area contributed by atoms with E-state index in [0.29, 0.717) is 25.0 Å². The van der Waals surface area contributed by atoms with Gasteiger partial charge in [0.15, 0.2) is 5.78 Å². The number of hydrogen-bond acceptors (Lipinski definition) is 3. The second-order valence-corrected chi connectivity index (χ2v) is 4.22. The summed E-state index contributed by atoms with van der Waals surface area (Å²) in [5.41, 5.74) is 1.53. The van der Waals surface area contributed by atoms with Crippen molar-refractivity contribution >= 4 is 18.1 Å². The summed E-state index contributed by atoms with van der Waals surface area (Å²) in [5, 5.41) is 0. The van der Waals surface area contributed by atoms with Crippen molar-refractivity contribution in [1.82, 2.24) is 0 Å². The lowest BCUT2D eigenvalue weighted by atomic mass is 10.1. The van der Waals surface area contributed by atoms with Crippen LogP contribution in [-0.2, 0) is 9.59 Å². The van der Waals surface area contributed by atoms with Crippen LogP contribution in [0.4, 0.5) is 0 Å². The van der Waals surface area contributed by atoms with E-state index in [0.717, 1.165) is 17.6 Å². The molecule has 0 radical (unpaired) electrons. The Bertz CT molecular complexity index is 469. The van der Waals surface area contributed by atoms with Crippen LogP contribution in [-0.4, -0.2) is 18.7 Å². The zero-order valence-electron chi connectivity index (χ0n) is 11.1.